The molecule has 8 heteroatoms. The summed E-state index contributed by atoms with van der Waals surface area (Å²) >= 11 is 0. The van der Waals surface area contributed by atoms with E-state index in [4.69, 9.17) is 0 Å². The maximum atomic E-state index is 13.8. The molecular weight excluding hydrogens is 323 g/mol. The van der Waals surface area contributed by atoms with Gasteiger partial charge >= 0.3 is 0 Å². The molecule has 2 aromatic heterocycles. The summed E-state index contributed by atoms with van der Waals surface area (Å²) in [5, 5.41) is 0. The molecule has 3 aromatic rings. The molecule has 0 N–H and O–H groups in total. The number of nitrogens with zero attached hydrogens (tertiary/aromatic N) is 3. The van der Waals surface area contributed by atoms with Gasteiger partial charge in [-0.25, -0.2) is 13.3 Å². The molecule has 126 valence electrons. The van der Waals surface area contributed by atoms with E-state index in [2.05, 4.69) is 4.98 Å². The molecule has 0 spiro atoms. The Bertz CT molecular complexity index is 996. The van der Waals surface area contributed by atoms with E-state index in [0.717, 1.165) is 27.7 Å². The summed E-state index contributed by atoms with van der Waals surface area (Å²) in [5.41, 5.74) is 1.49. The third-order valence-corrected chi connectivity index (χ3v) is 3.43. The number of hydrogen-bond donors (Lipinski definition) is 0. The normalized spacial score (nSPS) is 10.4. The van der Waals surface area contributed by atoms with Crippen LogP contribution in [-0.2, 0) is 0 Å². The molecule has 0 amide bonds. The van der Waals surface area contributed by atoms with Crippen LogP contribution in [0.5, 0.6) is 0 Å². The lowest BCUT2D eigenvalue weighted by molar-refractivity contribution is 0.295. The summed E-state index contributed by atoms with van der Waals surface area (Å²) in [6.07, 6.45) is 1.26. The summed E-state index contributed by atoms with van der Waals surface area (Å²) < 4.78 is 35.4. The fourth-order valence-corrected chi connectivity index (χ4v) is 2.16. The lowest BCUT2D eigenvalue weighted by atomic mass is 10.1. The van der Waals surface area contributed by atoms with Crippen molar-refractivity contribution in [2.45, 2.75) is 13.8 Å². The monoisotopic (exact) mass is 337 g/mol. The second kappa shape index (κ2) is 7.12. The first-order valence-electron chi connectivity index (χ1n) is 6.89. The van der Waals surface area contributed by atoms with Gasteiger partial charge in [0, 0.05) is 12.3 Å². The van der Waals surface area contributed by atoms with Gasteiger partial charge < -0.3 is 0 Å². The van der Waals surface area contributed by atoms with Gasteiger partial charge in [0.05, 0.1) is 11.8 Å². The van der Waals surface area contributed by atoms with Gasteiger partial charge in [-0.3, -0.25) is 14.0 Å². The minimum absolute atomic E-state index is 0.0456. The van der Waals surface area contributed by atoms with Crippen molar-refractivity contribution >= 4 is 5.78 Å². The van der Waals surface area contributed by atoms with Gasteiger partial charge in [-0.05, 0) is 37.1 Å². The van der Waals surface area contributed by atoms with Gasteiger partial charge in [0.2, 0.25) is 18.7 Å². The fraction of sp³-hybridized carbons (Fsp3) is 0.188. The Morgan fingerprint density at radius 3 is 2.33 bits per heavy atom. The number of benzene rings is 1. The molecule has 0 saturated carbocycles. The highest BCUT2D eigenvalue weighted by molar-refractivity contribution is 5.46. The Morgan fingerprint density at radius 1 is 1.04 bits per heavy atom. The minimum atomic E-state index is -1.75. The van der Waals surface area contributed by atoms with Crippen LogP contribution in [-0.4, -0.2) is 20.9 Å². The van der Waals surface area contributed by atoms with Crippen molar-refractivity contribution in [1.29, 1.82) is 0 Å². The molecule has 0 unspecified atom stereocenters. The Balaban J connectivity index is 0.000000647. The molecule has 3 rings (SSSR count). The first-order chi connectivity index (χ1) is 11.4. The summed E-state index contributed by atoms with van der Waals surface area (Å²) in [6, 6.07) is 7.41. The van der Waals surface area contributed by atoms with E-state index >= 15 is 0 Å². The van der Waals surface area contributed by atoms with Crippen LogP contribution in [0, 0.1) is 19.8 Å². The zero-order chi connectivity index (χ0) is 17.9. The Kier molecular flexibility index (Phi) is 5.18. The summed E-state index contributed by atoms with van der Waals surface area (Å²) in [6.45, 7) is 2.11. The van der Waals surface area contributed by atoms with Crippen LogP contribution in [0.3, 0.4) is 0 Å². The van der Waals surface area contributed by atoms with Crippen molar-refractivity contribution in [3.63, 3.8) is 0 Å². The van der Waals surface area contributed by atoms with Crippen molar-refractivity contribution in [1.82, 2.24) is 14.0 Å². The molecule has 0 aliphatic carbocycles. The van der Waals surface area contributed by atoms with E-state index in [1.807, 2.05) is 19.9 Å². The summed E-state index contributed by atoms with van der Waals surface area (Å²) in [5.74, 6) is -0.807. The average molecular weight is 337 g/mol. The number of aryl methyl sites for hydroxylation is 2. The SMILES string of the molecule is Cc1ccc(-n2c(=O)cc(F)n3ccc(=O)nc23)cc1C.FCF. The molecule has 0 aliphatic rings. The third kappa shape index (κ3) is 3.37. The van der Waals surface area contributed by atoms with E-state index in [9.17, 15) is 22.8 Å². The smallest absolute Gasteiger partial charge is 0.269 e. The Hall–Kier alpha value is -2.90. The minimum Gasteiger partial charge on any atom is -0.269 e. The lowest BCUT2D eigenvalue weighted by Crippen LogP contribution is -2.25. The molecule has 0 fully saturated rings. The van der Waals surface area contributed by atoms with E-state index in [1.165, 1.54) is 10.8 Å². The zero-order valence-electron chi connectivity index (χ0n) is 13.0. The van der Waals surface area contributed by atoms with E-state index in [-0.39, 0.29) is 5.78 Å². The predicted octanol–water partition coefficient (Wildman–Crippen LogP) is 2.48. The van der Waals surface area contributed by atoms with Gasteiger partial charge in [0.25, 0.3) is 11.1 Å². The Morgan fingerprint density at radius 2 is 1.71 bits per heavy atom. The van der Waals surface area contributed by atoms with Crippen LogP contribution < -0.4 is 11.1 Å². The number of rotatable bonds is 1. The molecule has 24 heavy (non-hydrogen) atoms. The average Bonchev–Trinajstić information content (AvgIpc) is 2.51. The zero-order valence-corrected chi connectivity index (χ0v) is 13.0. The van der Waals surface area contributed by atoms with Crippen molar-refractivity contribution in [2.75, 3.05) is 6.93 Å². The first-order valence-corrected chi connectivity index (χ1v) is 6.89. The van der Waals surface area contributed by atoms with Crippen LogP contribution in [0.4, 0.5) is 13.2 Å². The molecule has 0 bridgehead atoms. The third-order valence-electron chi connectivity index (χ3n) is 3.43. The fourth-order valence-electron chi connectivity index (χ4n) is 2.16. The molecule has 5 nitrogen and oxygen atoms in total. The molecule has 0 atom stereocenters. The van der Waals surface area contributed by atoms with Gasteiger partial charge in [-0.2, -0.15) is 9.37 Å². The van der Waals surface area contributed by atoms with E-state index < -0.39 is 24.0 Å². The molecule has 1 aromatic carbocycles. The largest absolute Gasteiger partial charge is 0.274 e. The highest BCUT2D eigenvalue weighted by Crippen LogP contribution is 2.14. The number of aromatic nitrogens is 3. The maximum absolute atomic E-state index is 13.8. The van der Waals surface area contributed by atoms with Crippen molar-refractivity contribution in [3.8, 4) is 5.69 Å². The highest BCUT2D eigenvalue weighted by atomic mass is 19.3. The van der Waals surface area contributed by atoms with E-state index in [0.29, 0.717) is 5.69 Å². The maximum Gasteiger partial charge on any atom is 0.274 e. The van der Waals surface area contributed by atoms with Gasteiger partial charge in [-0.15, -0.1) is 0 Å². The van der Waals surface area contributed by atoms with Crippen LogP contribution in [0.2, 0.25) is 0 Å². The van der Waals surface area contributed by atoms with Gasteiger partial charge in [0.1, 0.15) is 0 Å². The van der Waals surface area contributed by atoms with Crippen LogP contribution >= 0.6 is 0 Å². The number of fused-ring (bicyclic) bond motifs is 1. The van der Waals surface area contributed by atoms with Gasteiger partial charge in [0.15, 0.2) is 0 Å². The number of hydrogen-bond acceptors (Lipinski definition) is 3. The van der Waals surface area contributed by atoms with Gasteiger partial charge in [-0.1, -0.05) is 6.07 Å². The molecular formula is C16H14F3N3O2. The van der Waals surface area contributed by atoms with E-state index in [1.54, 1.807) is 12.1 Å². The van der Waals surface area contributed by atoms with Crippen molar-refractivity contribution in [2.24, 2.45) is 0 Å². The first kappa shape index (κ1) is 17.5. The van der Waals surface area contributed by atoms with Crippen LogP contribution in [0.25, 0.3) is 11.5 Å². The predicted molar refractivity (Wildman–Crippen MR) is 83.6 cm³/mol. The van der Waals surface area contributed by atoms with Crippen LogP contribution in [0.15, 0.2) is 46.1 Å². The van der Waals surface area contributed by atoms with Crippen LogP contribution in [0.1, 0.15) is 11.1 Å². The highest BCUT2D eigenvalue weighted by Gasteiger charge is 2.11. The summed E-state index contributed by atoms with van der Waals surface area (Å²) in [7, 11) is 0. The van der Waals surface area contributed by atoms with Crippen molar-refractivity contribution < 1.29 is 13.2 Å². The Labute approximate surface area is 134 Å². The quantitative estimate of drug-likeness (QED) is 0.641. The van der Waals surface area contributed by atoms with Crippen molar-refractivity contribution in [3.05, 3.63) is 74.3 Å². The second-order valence-electron chi connectivity index (χ2n) is 4.95. The lowest BCUT2D eigenvalue weighted by Gasteiger charge is -2.11. The molecule has 2 heterocycles. The molecule has 0 radical (unpaired) electrons. The molecule has 0 aliphatic heterocycles. The topological polar surface area (TPSA) is 56.4 Å². The standard InChI is InChI=1S/C15H12FN3O2.CH2F2/c1-9-3-4-11(7-10(9)2)19-14(21)8-12(16)18-6-5-13(20)17-15(18)19;2-1-3/h3-8H,1-2H3;1H2. The number of alkyl halides is 2. The summed E-state index contributed by atoms with van der Waals surface area (Å²) in [4.78, 5) is 27.3. The number of halogens is 3. The second-order valence-corrected chi connectivity index (χ2v) is 4.95. The molecule has 0 saturated heterocycles.